The number of hydrogen-bond donors (Lipinski definition) is 2. The van der Waals surface area contributed by atoms with Crippen LogP contribution in [0.4, 0.5) is 4.39 Å². The predicted octanol–water partition coefficient (Wildman–Crippen LogP) is 0.386. The second-order valence-corrected chi connectivity index (χ2v) is 6.89. The van der Waals surface area contributed by atoms with E-state index in [-0.39, 0.29) is 29.1 Å². The van der Waals surface area contributed by atoms with Crippen LogP contribution in [0.3, 0.4) is 0 Å². The van der Waals surface area contributed by atoms with Crippen molar-refractivity contribution in [3.8, 4) is 0 Å². The van der Waals surface area contributed by atoms with E-state index in [0.29, 0.717) is 11.4 Å². The first kappa shape index (κ1) is 16.3. The number of fused-ring (bicyclic) bond motifs is 1. The molecule has 0 atom stereocenters. The molecular weight excluding hydrogens is 337 g/mol. The minimum absolute atomic E-state index is 0.0199. The van der Waals surface area contributed by atoms with Gasteiger partial charge in [-0.05, 0) is 30.7 Å². The summed E-state index contributed by atoms with van der Waals surface area (Å²) in [5.74, 6) is -0.0405. The summed E-state index contributed by atoms with van der Waals surface area (Å²) in [4.78, 5) is 14.1. The van der Waals surface area contributed by atoms with Crippen molar-refractivity contribution >= 4 is 15.7 Å². The van der Waals surface area contributed by atoms with Crippen molar-refractivity contribution < 1.29 is 12.8 Å². The average molecular weight is 351 g/mol. The van der Waals surface area contributed by atoms with Gasteiger partial charge in [-0.25, -0.2) is 17.5 Å². The number of nitrogens with zero attached hydrogens (tertiary/aromatic N) is 3. The molecule has 0 unspecified atom stereocenters. The molecule has 8 nitrogen and oxygen atoms in total. The van der Waals surface area contributed by atoms with Crippen molar-refractivity contribution in [1.82, 2.24) is 24.3 Å². The van der Waals surface area contributed by atoms with Crippen molar-refractivity contribution in [3.63, 3.8) is 0 Å². The van der Waals surface area contributed by atoms with E-state index in [0.717, 1.165) is 12.1 Å². The Balaban J connectivity index is 1.75. The fourth-order valence-corrected chi connectivity index (χ4v) is 3.60. The molecule has 126 valence electrons. The summed E-state index contributed by atoms with van der Waals surface area (Å²) in [6.07, 6.45) is 3.28. The molecule has 2 aromatic heterocycles. The number of aromatic amines is 1. The number of aromatic nitrogens is 4. The predicted molar refractivity (Wildman–Crippen MR) is 83.6 cm³/mol. The molecule has 0 fully saturated rings. The van der Waals surface area contributed by atoms with E-state index < -0.39 is 15.8 Å². The van der Waals surface area contributed by atoms with E-state index in [2.05, 4.69) is 19.9 Å². The van der Waals surface area contributed by atoms with Crippen LogP contribution >= 0.6 is 0 Å². The average Bonchev–Trinajstić information content (AvgIpc) is 2.91. The molecule has 24 heavy (non-hydrogen) atoms. The molecule has 0 aliphatic carbocycles. The molecule has 2 N–H and O–H groups in total. The molecular formula is C14H14FN5O3S. The zero-order valence-electron chi connectivity index (χ0n) is 12.7. The van der Waals surface area contributed by atoms with Crippen LogP contribution in [0.5, 0.6) is 0 Å². The molecule has 2 heterocycles. The Kier molecular flexibility index (Phi) is 4.16. The van der Waals surface area contributed by atoms with Crippen LogP contribution in [0.2, 0.25) is 0 Å². The molecule has 3 rings (SSSR count). The number of sulfonamides is 1. The van der Waals surface area contributed by atoms with Gasteiger partial charge in [0.15, 0.2) is 0 Å². The largest absolute Gasteiger partial charge is 0.324 e. The van der Waals surface area contributed by atoms with Gasteiger partial charge in [0.05, 0.1) is 4.90 Å². The standard InChI is InChI=1S/C14H14FN5O3S/c1-9-8-10(15)2-3-11(9)24(22,23)17-5-4-12-18-19-13-14(21)16-6-7-20(12)13/h2-3,6-8,17H,4-5H2,1H3,(H,16,21). The number of nitrogens with one attached hydrogen (secondary N) is 2. The Bertz CT molecular complexity index is 1060. The highest BCUT2D eigenvalue weighted by molar-refractivity contribution is 7.89. The molecule has 0 aliphatic rings. The van der Waals surface area contributed by atoms with E-state index in [1.54, 1.807) is 6.20 Å². The topological polar surface area (TPSA) is 109 Å². The van der Waals surface area contributed by atoms with E-state index in [1.807, 2.05) is 0 Å². The van der Waals surface area contributed by atoms with Gasteiger partial charge in [0.2, 0.25) is 15.7 Å². The van der Waals surface area contributed by atoms with Crippen LogP contribution < -0.4 is 10.3 Å². The zero-order chi connectivity index (χ0) is 17.3. The number of halogens is 1. The fraction of sp³-hybridized carbons (Fsp3) is 0.214. The smallest absolute Gasteiger partial charge is 0.293 e. The zero-order valence-corrected chi connectivity index (χ0v) is 13.5. The Morgan fingerprint density at radius 3 is 2.88 bits per heavy atom. The van der Waals surface area contributed by atoms with Gasteiger partial charge in [-0.2, -0.15) is 0 Å². The van der Waals surface area contributed by atoms with Crippen molar-refractivity contribution in [2.24, 2.45) is 0 Å². The first-order valence-electron chi connectivity index (χ1n) is 7.05. The van der Waals surface area contributed by atoms with Gasteiger partial charge < -0.3 is 4.98 Å². The summed E-state index contributed by atoms with van der Waals surface area (Å²) >= 11 is 0. The molecule has 0 amide bonds. The summed E-state index contributed by atoms with van der Waals surface area (Å²) in [5, 5.41) is 7.65. The number of rotatable bonds is 5. The Hall–Kier alpha value is -2.59. The van der Waals surface area contributed by atoms with Crippen LogP contribution in [0.1, 0.15) is 11.4 Å². The van der Waals surface area contributed by atoms with Crippen molar-refractivity contribution in [2.45, 2.75) is 18.2 Å². The SMILES string of the molecule is Cc1cc(F)ccc1S(=O)(=O)NCCc1nnc2c(=O)[nH]ccn12. The van der Waals surface area contributed by atoms with Gasteiger partial charge in [-0.15, -0.1) is 10.2 Å². The molecule has 0 saturated carbocycles. The van der Waals surface area contributed by atoms with E-state index in [1.165, 1.54) is 23.6 Å². The molecule has 1 aromatic carbocycles. The minimum Gasteiger partial charge on any atom is -0.324 e. The lowest BCUT2D eigenvalue weighted by Crippen LogP contribution is -2.27. The number of aryl methyl sites for hydroxylation is 1. The monoisotopic (exact) mass is 351 g/mol. The van der Waals surface area contributed by atoms with Gasteiger partial charge in [0, 0.05) is 25.4 Å². The van der Waals surface area contributed by atoms with E-state index in [4.69, 9.17) is 0 Å². The summed E-state index contributed by atoms with van der Waals surface area (Å²) in [7, 11) is -3.76. The van der Waals surface area contributed by atoms with Crippen LogP contribution in [0.25, 0.3) is 5.65 Å². The second kappa shape index (κ2) is 6.13. The lowest BCUT2D eigenvalue weighted by molar-refractivity contribution is 0.579. The number of H-pyrrole nitrogens is 1. The van der Waals surface area contributed by atoms with Crippen LogP contribution in [0.15, 0.2) is 40.3 Å². The molecule has 0 aliphatic heterocycles. The summed E-state index contributed by atoms with van der Waals surface area (Å²) in [6, 6.07) is 3.48. The first-order chi connectivity index (χ1) is 11.4. The third kappa shape index (κ3) is 3.05. The number of benzene rings is 1. The molecule has 0 radical (unpaired) electrons. The van der Waals surface area contributed by atoms with E-state index in [9.17, 15) is 17.6 Å². The van der Waals surface area contributed by atoms with Gasteiger partial charge in [-0.3, -0.25) is 9.20 Å². The first-order valence-corrected chi connectivity index (χ1v) is 8.54. The summed E-state index contributed by atoms with van der Waals surface area (Å²) < 4.78 is 41.6. The van der Waals surface area contributed by atoms with Gasteiger partial charge in [0.1, 0.15) is 11.6 Å². The van der Waals surface area contributed by atoms with Crippen molar-refractivity contribution in [1.29, 1.82) is 0 Å². The Morgan fingerprint density at radius 2 is 2.12 bits per heavy atom. The second-order valence-electron chi connectivity index (χ2n) is 5.16. The maximum Gasteiger partial charge on any atom is 0.293 e. The summed E-state index contributed by atoms with van der Waals surface area (Å²) in [5.41, 5.74) is 0.0884. The highest BCUT2D eigenvalue weighted by Gasteiger charge is 2.17. The van der Waals surface area contributed by atoms with E-state index >= 15 is 0 Å². The maximum atomic E-state index is 13.1. The highest BCUT2D eigenvalue weighted by atomic mass is 32.2. The molecule has 3 aromatic rings. The Labute approximate surface area is 136 Å². The van der Waals surface area contributed by atoms with Gasteiger partial charge in [-0.1, -0.05) is 0 Å². The van der Waals surface area contributed by atoms with Crippen molar-refractivity contribution in [3.05, 3.63) is 58.2 Å². The number of hydrogen-bond acceptors (Lipinski definition) is 5. The third-order valence-corrected chi connectivity index (χ3v) is 5.10. The maximum absolute atomic E-state index is 13.1. The van der Waals surface area contributed by atoms with Crippen LogP contribution in [0, 0.1) is 12.7 Å². The quantitative estimate of drug-likeness (QED) is 0.691. The third-order valence-electron chi connectivity index (χ3n) is 3.47. The van der Waals surface area contributed by atoms with Crippen LogP contribution in [-0.2, 0) is 16.4 Å². The molecule has 0 bridgehead atoms. The normalized spacial score (nSPS) is 11.9. The Morgan fingerprint density at radius 1 is 1.33 bits per heavy atom. The molecule has 0 spiro atoms. The molecule has 0 saturated heterocycles. The molecule has 10 heteroatoms. The minimum atomic E-state index is -3.76. The lowest BCUT2D eigenvalue weighted by atomic mass is 10.2. The fourth-order valence-electron chi connectivity index (χ4n) is 2.35. The van der Waals surface area contributed by atoms with Crippen LogP contribution in [-0.4, -0.2) is 34.5 Å². The summed E-state index contributed by atoms with van der Waals surface area (Å²) in [6.45, 7) is 1.59. The lowest BCUT2D eigenvalue weighted by Gasteiger charge is -2.09. The van der Waals surface area contributed by atoms with Gasteiger partial charge >= 0.3 is 0 Å². The van der Waals surface area contributed by atoms with Gasteiger partial charge in [0.25, 0.3) is 5.56 Å². The highest BCUT2D eigenvalue weighted by Crippen LogP contribution is 2.15. The van der Waals surface area contributed by atoms with Crippen molar-refractivity contribution in [2.75, 3.05) is 6.54 Å².